The second kappa shape index (κ2) is 7.86. The first-order valence-electron chi connectivity index (χ1n) is 8.05. The van der Waals surface area contributed by atoms with Crippen LogP contribution in [0, 0.1) is 13.8 Å². The number of benzene rings is 1. The Bertz CT molecular complexity index is 657. The van der Waals surface area contributed by atoms with Gasteiger partial charge in [0.1, 0.15) is 5.76 Å². The molecule has 0 aliphatic rings. The second-order valence-electron chi connectivity index (χ2n) is 6.20. The molecule has 0 atom stereocenters. The van der Waals surface area contributed by atoms with Gasteiger partial charge >= 0.3 is 6.03 Å². The van der Waals surface area contributed by atoms with Crippen molar-refractivity contribution in [3.8, 4) is 0 Å². The van der Waals surface area contributed by atoms with Crippen LogP contribution in [-0.2, 0) is 13.0 Å². The molecule has 2 aromatic rings. The maximum absolute atomic E-state index is 12.2. The Morgan fingerprint density at radius 2 is 1.83 bits per heavy atom. The monoisotopic (exact) mass is 330 g/mol. The van der Waals surface area contributed by atoms with Gasteiger partial charge in [-0.25, -0.2) is 4.79 Å². The molecule has 2 amide bonds. The van der Waals surface area contributed by atoms with Crippen LogP contribution in [0.3, 0.4) is 0 Å². The zero-order chi connectivity index (χ0) is 17.7. The Morgan fingerprint density at radius 1 is 1.17 bits per heavy atom. The van der Waals surface area contributed by atoms with E-state index in [1.54, 1.807) is 11.9 Å². The number of amides is 2. The highest BCUT2D eigenvalue weighted by atomic mass is 16.5. The lowest BCUT2D eigenvalue weighted by Gasteiger charge is -2.18. The zero-order valence-electron chi connectivity index (χ0n) is 15.1. The first-order valence-corrected chi connectivity index (χ1v) is 8.05. The highest BCUT2D eigenvalue weighted by Gasteiger charge is 2.14. The Hall–Kier alpha value is -2.50. The molecule has 0 radical (unpaired) electrons. The highest BCUT2D eigenvalue weighted by Crippen LogP contribution is 2.14. The van der Waals surface area contributed by atoms with E-state index in [0.29, 0.717) is 13.1 Å². The molecule has 0 bridgehead atoms. The van der Waals surface area contributed by atoms with Crippen LogP contribution in [-0.4, -0.2) is 43.8 Å². The average Bonchev–Trinajstić information content (AvgIpc) is 2.87. The molecule has 0 aliphatic carbocycles. The molecule has 0 aliphatic heterocycles. The molecule has 0 saturated heterocycles. The molecular formula is C18H26N4O2. The predicted molar refractivity (Wildman–Crippen MR) is 95.3 cm³/mol. The molecule has 130 valence electrons. The van der Waals surface area contributed by atoms with Gasteiger partial charge in [-0.05, 0) is 38.0 Å². The smallest absolute Gasteiger partial charge is 0.317 e. The van der Waals surface area contributed by atoms with Crippen molar-refractivity contribution in [2.75, 3.05) is 32.6 Å². The van der Waals surface area contributed by atoms with Crippen molar-refractivity contribution < 1.29 is 9.32 Å². The molecule has 0 saturated carbocycles. The third-order valence-electron chi connectivity index (χ3n) is 4.07. The van der Waals surface area contributed by atoms with Crippen LogP contribution < -0.4 is 10.2 Å². The first-order chi connectivity index (χ1) is 11.4. The minimum absolute atomic E-state index is 0.0973. The van der Waals surface area contributed by atoms with Crippen LogP contribution in [0.2, 0.25) is 0 Å². The number of aryl methyl sites for hydroxylation is 2. The van der Waals surface area contributed by atoms with E-state index in [-0.39, 0.29) is 6.03 Å². The molecular weight excluding hydrogens is 304 g/mol. The minimum Gasteiger partial charge on any atom is -0.378 e. The van der Waals surface area contributed by atoms with Gasteiger partial charge in [0.2, 0.25) is 0 Å². The van der Waals surface area contributed by atoms with Gasteiger partial charge in [0.05, 0.1) is 12.2 Å². The summed E-state index contributed by atoms with van der Waals surface area (Å²) in [6.07, 6.45) is 0.804. The van der Waals surface area contributed by atoms with Gasteiger partial charge < -0.3 is 19.6 Å². The molecule has 1 heterocycles. The normalized spacial score (nSPS) is 10.5. The van der Waals surface area contributed by atoms with Gasteiger partial charge in [-0.1, -0.05) is 17.3 Å². The van der Waals surface area contributed by atoms with Crippen molar-refractivity contribution in [1.82, 2.24) is 15.4 Å². The van der Waals surface area contributed by atoms with E-state index in [1.807, 2.05) is 27.9 Å². The quantitative estimate of drug-likeness (QED) is 0.885. The molecule has 0 spiro atoms. The van der Waals surface area contributed by atoms with E-state index in [2.05, 4.69) is 39.6 Å². The second-order valence-corrected chi connectivity index (χ2v) is 6.20. The number of carbonyl (C=O) groups is 1. The predicted octanol–water partition coefficient (Wildman–Crippen LogP) is 2.74. The van der Waals surface area contributed by atoms with Crippen LogP contribution >= 0.6 is 0 Å². The number of nitrogens with zero attached hydrogens (tertiary/aromatic N) is 3. The number of rotatable bonds is 6. The maximum Gasteiger partial charge on any atom is 0.317 e. The van der Waals surface area contributed by atoms with Gasteiger partial charge in [0, 0.05) is 38.9 Å². The number of anilines is 1. The molecule has 6 heteroatoms. The van der Waals surface area contributed by atoms with Gasteiger partial charge in [-0.3, -0.25) is 0 Å². The van der Waals surface area contributed by atoms with Crippen molar-refractivity contribution in [2.24, 2.45) is 0 Å². The van der Waals surface area contributed by atoms with E-state index in [4.69, 9.17) is 4.52 Å². The number of nitrogens with one attached hydrogen (secondary N) is 1. The molecule has 1 aromatic carbocycles. The number of hydrogen-bond donors (Lipinski definition) is 1. The Labute approximate surface area is 143 Å². The number of hydrogen-bond acceptors (Lipinski definition) is 4. The van der Waals surface area contributed by atoms with Crippen LogP contribution in [0.15, 0.2) is 28.8 Å². The molecule has 1 aromatic heterocycles. The third kappa shape index (κ3) is 4.50. The van der Waals surface area contributed by atoms with E-state index in [9.17, 15) is 4.79 Å². The molecule has 0 unspecified atom stereocenters. The van der Waals surface area contributed by atoms with Gasteiger partial charge in [0.15, 0.2) is 0 Å². The summed E-state index contributed by atoms with van der Waals surface area (Å²) in [5, 5.41) is 6.86. The van der Waals surface area contributed by atoms with E-state index in [0.717, 1.165) is 23.4 Å². The standard InChI is InChI=1S/C18H26N4O2/c1-13-17(14(2)24-20-13)12-22(5)18(23)19-11-10-15-6-8-16(9-7-15)21(3)4/h6-9H,10-12H2,1-5H3,(H,19,23). The Balaban J connectivity index is 1.80. The minimum atomic E-state index is -0.0973. The molecule has 1 N–H and O–H groups in total. The summed E-state index contributed by atoms with van der Waals surface area (Å²) in [5.74, 6) is 0.758. The van der Waals surface area contributed by atoms with E-state index >= 15 is 0 Å². The van der Waals surface area contributed by atoms with Gasteiger partial charge in [0.25, 0.3) is 0 Å². The SMILES string of the molecule is Cc1noc(C)c1CN(C)C(=O)NCCc1ccc(N(C)C)cc1. The van der Waals surface area contributed by atoms with Gasteiger partial charge in [-0.15, -0.1) is 0 Å². The van der Waals surface area contributed by atoms with Crippen molar-refractivity contribution in [3.63, 3.8) is 0 Å². The Morgan fingerprint density at radius 3 is 2.38 bits per heavy atom. The summed E-state index contributed by atoms with van der Waals surface area (Å²) in [5.41, 5.74) is 4.16. The summed E-state index contributed by atoms with van der Waals surface area (Å²) in [6, 6.07) is 8.26. The largest absolute Gasteiger partial charge is 0.378 e. The zero-order valence-corrected chi connectivity index (χ0v) is 15.1. The Kier molecular flexibility index (Phi) is 5.84. The number of aromatic nitrogens is 1. The first kappa shape index (κ1) is 17.8. The molecule has 0 fully saturated rings. The molecule has 24 heavy (non-hydrogen) atoms. The summed E-state index contributed by atoms with van der Waals surface area (Å²) in [4.78, 5) is 15.9. The highest BCUT2D eigenvalue weighted by molar-refractivity contribution is 5.73. The number of carbonyl (C=O) groups excluding carboxylic acids is 1. The van der Waals surface area contributed by atoms with Crippen LogP contribution in [0.1, 0.15) is 22.6 Å². The van der Waals surface area contributed by atoms with Crippen LogP contribution in [0.4, 0.5) is 10.5 Å². The molecule has 2 rings (SSSR count). The fourth-order valence-corrected chi connectivity index (χ4v) is 2.45. The van der Waals surface area contributed by atoms with Crippen molar-refractivity contribution >= 4 is 11.7 Å². The molecule has 6 nitrogen and oxygen atoms in total. The van der Waals surface area contributed by atoms with Crippen molar-refractivity contribution in [3.05, 3.63) is 46.8 Å². The van der Waals surface area contributed by atoms with E-state index in [1.165, 1.54) is 11.3 Å². The summed E-state index contributed by atoms with van der Waals surface area (Å²) >= 11 is 0. The average molecular weight is 330 g/mol. The van der Waals surface area contributed by atoms with Crippen molar-refractivity contribution in [1.29, 1.82) is 0 Å². The summed E-state index contributed by atoms with van der Waals surface area (Å²) in [6.45, 7) is 4.84. The third-order valence-corrected chi connectivity index (χ3v) is 4.07. The van der Waals surface area contributed by atoms with Gasteiger partial charge in [-0.2, -0.15) is 0 Å². The summed E-state index contributed by atoms with van der Waals surface area (Å²) < 4.78 is 5.13. The summed E-state index contributed by atoms with van der Waals surface area (Å²) in [7, 11) is 5.81. The van der Waals surface area contributed by atoms with Crippen molar-refractivity contribution in [2.45, 2.75) is 26.8 Å². The number of urea groups is 1. The lowest BCUT2D eigenvalue weighted by Crippen LogP contribution is -2.38. The van der Waals surface area contributed by atoms with Crippen LogP contribution in [0.5, 0.6) is 0 Å². The fraction of sp³-hybridized carbons (Fsp3) is 0.444. The van der Waals surface area contributed by atoms with Crippen LogP contribution in [0.25, 0.3) is 0 Å². The maximum atomic E-state index is 12.2. The lowest BCUT2D eigenvalue weighted by molar-refractivity contribution is 0.207. The fourth-order valence-electron chi connectivity index (χ4n) is 2.45. The van der Waals surface area contributed by atoms with E-state index < -0.39 is 0 Å². The topological polar surface area (TPSA) is 61.6 Å². The lowest BCUT2D eigenvalue weighted by atomic mass is 10.1.